The Hall–Kier alpha value is -2.62. The summed E-state index contributed by atoms with van der Waals surface area (Å²) >= 11 is 0.574. The van der Waals surface area contributed by atoms with E-state index in [2.05, 4.69) is 0 Å². The number of rotatable bonds is 6. The van der Waals surface area contributed by atoms with E-state index < -0.39 is 44.6 Å². The summed E-state index contributed by atoms with van der Waals surface area (Å²) in [6.07, 6.45) is 0.324. The SMILES string of the molecule is COc1ccc(CSC(=Cc2c(F)c(F)c(F)c(F)c2F)[N+](=O)[O-])cc1. The zero-order valence-corrected chi connectivity index (χ0v) is 13.9. The van der Waals surface area contributed by atoms with Gasteiger partial charge in [-0.1, -0.05) is 12.1 Å². The molecule has 0 aromatic heterocycles. The molecule has 0 aliphatic carbocycles. The molecule has 0 aliphatic rings. The molecule has 0 N–H and O–H groups in total. The van der Waals surface area contributed by atoms with Crippen molar-refractivity contribution in [1.82, 2.24) is 0 Å². The van der Waals surface area contributed by atoms with Crippen molar-refractivity contribution in [3.8, 4) is 5.75 Å². The lowest BCUT2D eigenvalue weighted by Gasteiger charge is -2.05. The molecule has 0 fully saturated rings. The number of thioether (sulfide) groups is 1. The Balaban J connectivity index is 2.34. The van der Waals surface area contributed by atoms with Crippen LogP contribution in [0.1, 0.15) is 11.1 Å². The Kier molecular flexibility index (Phi) is 6.19. The lowest BCUT2D eigenvalue weighted by molar-refractivity contribution is -0.408. The fraction of sp³-hybridized carbons (Fsp3) is 0.125. The minimum Gasteiger partial charge on any atom is -0.497 e. The van der Waals surface area contributed by atoms with Crippen molar-refractivity contribution in [2.24, 2.45) is 0 Å². The van der Waals surface area contributed by atoms with Gasteiger partial charge in [-0.2, -0.15) is 0 Å². The lowest BCUT2D eigenvalue weighted by Crippen LogP contribution is -2.05. The highest BCUT2D eigenvalue weighted by Gasteiger charge is 2.26. The van der Waals surface area contributed by atoms with Crippen molar-refractivity contribution < 1.29 is 31.6 Å². The first-order valence-corrected chi connectivity index (χ1v) is 7.88. The molecule has 0 bridgehead atoms. The summed E-state index contributed by atoms with van der Waals surface area (Å²) in [4.78, 5) is 10.1. The number of methoxy groups -OCH3 is 1. The molecule has 26 heavy (non-hydrogen) atoms. The van der Waals surface area contributed by atoms with Gasteiger partial charge in [0, 0.05) is 11.8 Å². The predicted octanol–water partition coefficient (Wildman–Crippen LogP) is 4.90. The number of nitro groups is 1. The van der Waals surface area contributed by atoms with Gasteiger partial charge in [0.2, 0.25) is 5.82 Å². The van der Waals surface area contributed by atoms with Crippen molar-refractivity contribution in [1.29, 1.82) is 0 Å². The second kappa shape index (κ2) is 8.17. The molecule has 0 saturated heterocycles. The zero-order valence-electron chi connectivity index (χ0n) is 13.1. The average Bonchev–Trinajstić information content (AvgIpc) is 2.64. The average molecular weight is 391 g/mol. The van der Waals surface area contributed by atoms with E-state index in [0.29, 0.717) is 29.2 Å². The van der Waals surface area contributed by atoms with Crippen LogP contribution >= 0.6 is 11.8 Å². The van der Waals surface area contributed by atoms with Gasteiger partial charge in [0.1, 0.15) is 5.75 Å². The number of halogens is 5. The van der Waals surface area contributed by atoms with Gasteiger partial charge < -0.3 is 4.74 Å². The van der Waals surface area contributed by atoms with Crippen LogP contribution in [0.3, 0.4) is 0 Å². The molecule has 2 aromatic carbocycles. The molecule has 0 atom stereocenters. The van der Waals surface area contributed by atoms with Crippen molar-refractivity contribution in [2.45, 2.75) is 5.75 Å². The molecule has 138 valence electrons. The smallest absolute Gasteiger partial charge is 0.304 e. The monoisotopic (exact) mass is 391 g/mol. The molecule has 0 unspecified atom stereocenters. The molecule has 0 heterocycles. The third-order valence-corrected chi connectivity index (χ3v) is 4.28. The summed E-state index contributed by atoms with van der Waals surface area (Å²) in [5.41, 5.74) is -0.740. The maximum absolute atomic E-state index is 13.7. The van der Waals surface area contributed by atoms with Crippen molar-refractivity contribution in [3.05, 3.63) is 79.6 Å². The minimum atomic E-state index is -2.33. The first kappa shape index (κ1) is 19.7. The van der Waals surface area contributed by atoms with Crippen LogP contribution in [0.5, 0.6) is 5.75 Å². The van der Waals surface area contributed by atoms with Crippen LogP contribution < -0.4 is 4.74 Å². The summed E-state index contributed by atoms with van der Waals surface area (Å²) in [5, 5.41) is 10.3. The largest absolute Gasteiger partial charge is 0.497 e. The van der Waals surface area contributed by atoms with Gasteiger partial charge in [-0.15, -0.1) is 0 Å². The molecule has 0 radical (unpaired) electrons. The van der Waals surface area contributed by atoms with Gasteiger partial charge in [0.05, 0.1) is 17.6 Å². The van der Waals surface area contributed by atoms with Gasteiger partial charge in [-0.05, 0) is 29.5 Å². The number of nitrogens with zero attached hydrogens (tertiary/aromatic N) is 1. The first-order chi connectivity index (χ1) is 12.3. The highest BCUT2D eigenvalue weighted by Crippen LogP contribution is 2.29. The summed E-state index contributed by atoms with van der Waals surface area (Å²) in [6, 6.07) is 6.44. The fourth-order valence-corrected chi connectivity index (χ4v) is 2.71. The molecule has 0 spiro atoms. The molecule has 4 nitrogen and oxygen atoms in total. The predicted molar refractivity (Wildman–Crippen MR) is 85.5 cm³/mol. The number of ether oxygens (including phenoxy) is 1. The van der Waals surface area contributed by atoms with Gasteiger partial charge in [0.25, 0.3) is 0 Å². The fourth-order valence-electron chi connectivity index (χ4n) is 1.90. The maximum atomic E-state index is 13.7. The van der Waals surface area contributed by atoms with Crippen molar-refractivity contribution in [3.63, 3.8) is 0 Å². The van der Waals surface area contributed by atoms with Crippen LogP contribution in [0.15, 0.2) is 29.3 Å². The number of hydrogen-bond donors (Lipinski definition) is 0. The Morgan fingerprint density at radius 1 is 1.04 bits per heavy atom. The first-order valence-electron chi connectivity index (χ1n) is 6.89. The normalized spacial score (nSPS) is 11.5. The molecule has 2 aromatic rings. The molecule has 2 rings (SSSR count). The van der Waals surface area contributed by atoms with E-state index in [9.17, 15) is 32.1 Å². The van der Waals surface area contributed by atoms with Gasteiger partial charge in [-0.25, -0.2) is 22.0 Å². The second-order valence-electron chi connectivity index (χ2n) is 4.86. The third kappa shape index (κ3) is 4.13. The molecule has 0 saturated carbocycles. The Morgan fingerprint density at radius 2 is 1.54 bits per heavy atom. The summed E-state index contributed by atoms with van der Waals surface area (Å²) in [7, 11) is 1.46. The topological polar surface area (TPSA) is 52.4 Å². The zero-order chi connectivity index (χ0) is 19.4. The van der Waals surface area contributed by atoms with Crippen molar-refractivity contribution in [2.75, 3.05) is 7.11 Å². The quantitative estimate of drug-likeness (QED) is 0.231. The molecule has 10 heteroatoms. The number of hydrogen-bond acceptors (Lipinski definition) is 4. The molecular weight excluding hydrogens is 381 g/mol. The van der Waals surface area contributed by atoms with E-state index >= 15 is 0 Å². The van der Waals surface area contributed by atoms with Crippen LogP contribution in [0.25, 0.3) is 6.08 Å². The molecular formula is C16H10F5NO3S. The van der Waals surface area contributed by atoms with E-state index in [1.165, 1.54) is 7.11 Å². The maximum Gasteiger partial charge on any atom is 0.304 e. The molecule has 0 aliphatic heterocycles. The van der Waals surface area contributed by atoms with E-state index in [1.54, 1.807) is 24.3 Å². The highest BCUT2D eigenvalue weighted by atomic mass is 32.2. The van der Waals surface area contributed by atoms with E-state index in [4.69, 9.17) is 4.74 Å². The minimum absolute atomic E-state index is 0.0339. The Labute approximate surface area is 148 Å². The summed E-state index contributed by atoms with van der Waals surface area (Å²) < 4.78 is 71.7. The standard InChI is InChI=1S/C16H10F5NO3S/c1-25-9-4-2-8(3-5-9)7-26-11(22(23)24)6-10-12(17)14(19)16(21)15(20)13(10)18/h2-6H,7H2,1H3. The second-order valence-corrected chi connectivity index (χ2v) is 5.86. The van der Waals surface area contributed by atoms with Gasteiger partial charge >= 0.3 is 5.03 Å². The van der Waals surface area contributed by atoms with Crippen molar-refractivity contribution >= 4 is 17.8 Å². The van der Waals surface area contributed by atoms with Crippen LogP contribution in [-0.2, 0) is 5.75 Å². The van der Waals surface area contributed by atoms with E-state index in [1.807, 2.05) is 0 Å². The number of benzene rings is 2. The lowest BCUT2D eigenvalue weighted by atomic mass is 10.1. The van der Waals surface area contributed by atoms with Gasteiger partial charge in [0.15, 0.2) is 23.3 Å². The van der Waals surface area contributed by atoms with Crippen LogP contribution in [0.2, 0.25) is 0 Å². The van der Waals surface area contributed by atoms with E-state index in [0.717, 1.165) is 0 Å². The summed E-state index contributed by atoms with van der Waals surface area (Å²) in [5.74, 6) is -10.3. The summed E-state index contributed by atoms with van der Waals surface area (Å²) in [6.45, 7) is 0. The third-order valence-electron chi connectivity index (χ3n) is 3.24. The van der Waals surface area contributed by atoms with Gasteiger partial charge in [-0.3, -0.25) is 10.1 Å². The highest BCUT2D eigenvalue weighted by molar-refractivity contribution is 8.02. The van der Waals surface area contributed by atoms with Crippen LogP contribution in [-0.4, -0.2) is 12.0 Å². The Bertz CT molecular complexity index is 842. The molecule has 0 amide bonds. The van der Waals surface area contributed by atoms with Crippen LogP contribution in [0, 0.1) is 39.2 Å². The Morgan fingerprint density at radius 3 is 2.00 bits per heavy atom. The van der Waals surface area contributed by atoms with E-state index in [-0.39, 0.29) is 5.75 Å². The van der Waals surface area contributed by atoms with Crippen LogP contribution in [0.4, 0.5) is 22.0 Å².